The molecule has 0 saturated carbocycles. The Hall–Kier alpha value is -3.80. The SMILES string of the molecule is CNCc1cc(C)c(-c2cc3c(-c4cccc(N5CCC(O)CC5)n4)n[nH]c3cc2C#N)c(F)c1. The molecule has 1 aliphatic rings. The van der Waals surface area contributed by atoms with Gasteiger partial charge in [-0.1, -0.05) is 12.1 Å². The van der Waals surface area contributed by atoms with Crippen molar-refractivity contribution in [3.63, 3.8) is 0 Å². The van der Waals surface area contributed by atoms with E-state index in [9.17, 15) is 10.4 Å². The molecule has 1 aliphatic heterocycles. The predicted octanol–water partition coefficient (Wildman–Crippen LogP) is 4.29. The summed E-state index contributed by atoms with van der Waals surface area (Å²) in [4.78, 5) is 7.00. The van der Waals surface area contributed by atoms with Crippen LogP contribution in [0.2, 0.25) is 0 Å². The molecule has 3 heterocycles. The number of halogens is 1. The summed E-state index contributed by atoms with van der Waals surface area (Å²) in [6.45, 7) is 3.92. The van der Waals surface area contributed by atoms with Crippen LogP contribution in [0.1, 0.15) is 29.5 Å². The molecule has 1 saturated heterocycles. The molecule has 8 heteroatoms. The summed E-state index contributed by atoms with van der Waals surface area (Å²) < 4.78 is 15.3. The Morgan fingerprint density at radius 3 is 2.74 bits per heavy atom. The second-order valence-corrected chi connectivity index (χ2v) is 9.03. The van der Waals surface area contributed by atoms with Gasteiger partial charge in [0.25, 0.3) is 0 Å². The number of anilines is 1. The van der Waals surface area contributed by atoms with Crippen LogP contribution >= 0.6 is 0 Å². The number of hydrogen-bond acceptors (Lipinski definition) is 6. The first-order valence-corrected chi connectivity index (χ1v) is 11.7. The first kappa shape index (κ1) is 23.0. The number of H-pyrrole nitrogens is 1. The van der Waals surface area contributed by atoms with Crippen molar-refractivity contribution >= 4 is 16.7 Å². The number of benzene rings is 2. The molecule has 0 aliphatic carbocycles. The number of nitriles is 1. The van der Waals surface area contributed by atoms with Gasteiger partial charge < -0.3 is 15.3 Å². The van der Waals surface area contributed by atoms with E-state index < -0.39 is 0 Å². The maximum Gasteiger partial charge on any atom is 0.131 e. The number of fused-ring (bicyclic) bond motifs is 1. The third kappa shape index (κ3) is 4.36. The Labute approximate surface area is 203 Å². The average Bonchev–Trinajstić information content (AvgIpc) is 3.27. The second-order valence-electron chi connectivity index (χ2n) is 9.03. The van der Waals surface area contributed by atoms with Crippen molar-refractivity contribution < 1.29 is 9.50 Å². The first-order chi connectivity index (χ1) is 17.0. The van der Waals surface area contributed by atoms with E-state index in [0.29, 0.717) is 40.1 Å². The maximum absolute atomic E-state index is 15.3. The fraction of sp³-hybridized carbons (Fsp3) is 0.296. The summed E-state index contributed by atoms with van der Waals surface area (Å²) in [5.41, 5.74) is 4.98. The van der Waals surface area contributed by atoms with E-state index in [-0.39, 0.29) is 11.9 Å². The zero-order valence-electron chi connectivity index (χ0n) is 19.8. The summed E-state index contributed by atoms with van der Waals surface area (Å²) in [6.07, 6.45) is 1.18. The largest absolute Gasteiger partial charge is 0.393 e. The van der Waals surface area contributed by atoms with E-state index in [2.05, 4.69) is 26.5 Å². The van der Waals surface area contributed by atoms with Gasteiger partial charge in [0, 0.05) is 36.1 Å². The van der Waals surface area contributed by atoms with Crippen molar-refractivity contribution in [2.45, 2.75) is 32.4 Å². The van der Waals surface area contributed by atoms with Crippen molar-refractivity contribution in [2.24, 2.45) is 0 Å². The number of rotatable bonds is 5. The van der Waals surface area contributed by atoms with Gasteiger partial charge in [0.2, 0.25) is 0 Å². The molecule has 2 aromatic heterocycles. The molecule has 35 heavy (non-hydrogen) atoms. The summed E-state index contributed by atoms with van der Waals surface area (Å²) in [6, 6.07) is 15.0. The number of aromatic amines is 1. The lowest BCUT2D eigenvalue weighted by molar-refractivity contribution is 0.145. The molecule has 0 spiro atoms. The van der Waals surface area contributed by atoms with E-state index in [0.717, 1.165) is 48.3 Å². The van der Waals surface area contributed by atoms with Crippen molar-refractivity contribution in [3.05, 3.63) is 65.0 Å². The molecule has 0 bridgehead atoms. The molecular weight excluding hydrogens is 443 g/mol. The highest BCUT2D eigenvalue weighted by atomic mass is 19.1. The topological polar surface area (TPSA) is 101 Å². The molecule has 7 nitrogen and oxygen atoms in total. The summed E-state index contributed by atoms with van der Waals surface area (Å²) in [5, 5.41) is 31.0. The minimum absolute atomic E-state index is 0.256. The van der Waals surface area contributed by atoms with Gasteiger partial charge >= 0.3 is 0 Å². The Morgan fingerprint density at radius 2 is 2.03 bits per heavy atom. The Morgan fingerprint density at radius 1 is 1.23 bits per heavy atom. The highest BCUT2D eigenvalue weighted by Crippen LogP contribution is 2.36. The molecule has 2 aromatic carbocycles. The summed E-state index contributed by atoms with van der Waals surface area (Å²) in [5.74, 6) is 0.477. The van der Waals surface area contributed by atoms with Crippen LogP contribution in [0.3, 0.4) is 0 Å². The lowest BCUT2D eigenvalue weighted by Gasteiger charge is -2.30. The normalized spacial score (nSPS) is 14.4. The Kier molecular flexibility index (Phi) is 6.20. The molecule has 0 unspecified atom stereocenters. The Balaban J connectivity index is 1.60. The zero-order valence-corrected chi connectivity index (χ0v) is 19.8. The van der Waals surface area contributed by atoms with Crippen molar-refractivity contribution in [2.75, 3.05) is 25.0 Å². The van der Waals surface area contributed by atoms with Gasteiger partial charge in [0.1, 0.15) is 17.3 Å². The fourth-order valence-corrected chi connectivity index (χ4v) is 4.85. The number of pyridine rings is 1. The average molecular weight is 471 g/mol. The number of nitrogens with zero attached hydrogens (tertiary/aromatic N) is 4. The van der Waals surface area contributed by atoms with Gasteiger partial charge in [-0.25, -0.2) is 9.37 Å². The smallest absolute Gasteiger partial charge is 0.131 e. The van der Waals surface area contributed by atoms with Crippen LogP contribution in [0.5, 0.6) is 0 Å². The monoisotopic (exact) mass is 470 g/mol. The number of aromatic nitrogens is 3. The molecule has 3 N–H and O–H groups in total. The van der Waals surface area contributed by atoms with Gasteiger partial charge in [0.05, 0.1) is 28.9 Å². The van der Waals surface area contributed by atoms with E-state index in [1.807, 2.05) is 44.3 Å². The van der Waals surface area contributed by atoms with Crippen LogP contribution in [0, 0.1) is 24.1 Å². The minimum Gasteiger partial charge on any atom is -0.393 e. The van der Waals surface area contributed by atoms with Crippen LogP contribution in [-0.2, 0) is 6.54 Å². The second kappa shape index (κ2) is 9.45. The molecule has 178 valence electrons. The minimum atomic E-state index is -0.358. The maximum atomic E-state index is 15.3. The number of hydrogen-bond donors (Lipinski definition) is 3. The van der Waals surface area contributed by atoms with Crippen molar-refractivity contribution in [3.8, 4) is 28.6 Å². The van der Waals surface area contributed by atoms with Gasteiger partial charge in [-0.2, -0.15) is 10.4 Å². The number of aliphatic hydroxyl groups excluding tert-OH is 1. The van der Waals surface area contributed by atoms with E-state index in [1.165, 1.54) is 6.07 Å². The zero-order chi connectivity index (χ0) is 24.5. The third-order valence-corrected chi connectivity index (χ3v) is 6.58. The van der Waals surface area contributed by atoms with Gasteiger partial charge in [-0.3, -0.25) is 5.10 Å². The lowest BCUT2D eigenvalue weighted by atomic mass is 9.92. The highest BCUT2D eigenvalue weighted by Gasteiger charge is 2.21. The summed E-state index contributed by atoms with van der Waals surface area (Å²) >= 11 is 0. The molecule has 1 fully saturated rings. The lowest BCUT2D eigenvalue weighted by Crippen LogP contribution is -2.36. The van der Waals surface area contributed by atoms with Crippen molar-refractivity contribution in [1.82, 2.24) is 20.5 Å². The number of aryl methyl sites for hydroxylation is 1. The van der Waals surface area contributed by atoms with E-state index in [1.54, 1.807) is 6.07 Å². The number of nitrogens with one attached hydrogen (secondary N) is 2. The van der Waals surface area contributed by atoms with Crippen LogP contribution < -0.4 is 10.2 Å². The van der Waals surface area contributed by atoms with E-state index in [4.69, 9.17) is 4.98 Å². The molecule has 0 atom stereocenters. The highest BCUT2D eigenvalue weighted by molar-refractivity contribution is 5.97. The predicted molar refractivity (Wildman–Crippen MR) is 134 cm³/mol. The summed E-state index contributed by atoms with van der Waals surface area (Å²) in [7, 11) is 1.82. The van der Waals surface area contributed by atoms with Crippen LogP contribution in [-0.4, -0.2) is 46.5 Å². The molecule has 5 rings (SSSR count). The third-order valence-electron chi connectivity index (χ3n) is 6.58. The molecular formula is C27H27FN6O. The molecule has 0 radical (unpaired) electrons. The first-order valence-electron chi connectivity index (χ1n) is 11.7. The van der Waals surface area contributed by atoms with Crippen LogP contribution in [0.15, 0.2) is 42.5 Å². The number of aliphatic hydroxyl groups is 1. The van der Waals surface area contributed by atoms with Gasteiger partial charge in [-0.15, -0.1) is 0 Å². The fourth-order valence-electron chi connectivity index (χ4n) is 4.85. The van der Waals surface area contributed by atoms with Crippen molar-refractivity contribution in [1.29, 1.82) is 5.26 Å². The van der Waals surface area contributed by atoms with Crippen LogP contribution in [0.25, 0.3) is 33.4 Å². The number of piperidine rings is 1. The Bertz CT molecular complexity index is 1410. The molecule has 0 amide bonds. The quantitative estimate of drug-likeness (QED) is 0.402. The molecule has 4 aromatic rings. The van der Waals surface area contributed by atoms with Gasteiger partial charge in [-0.05, 0) is 68.3 Å². The van der Waals surface area contributed by atoms with E-state index >= 15 is 4.39 Å². The standard InChI is InChI=1S/C27H27FN6O/c1-16-10-17(15-30-2)11-22(28)26(16)20-13-21-24(12-18(20)14-29)32-33-27(21)23-4-3-5-25(31-23)34-8-6-19(35)7-9-34/h3-5,10-13,19,30,35H,6-9,15H2,1-2H3,(H,32,33). The van der Waals surface area contributed by atoms with Gasteiger partial charge in [0.15, 0.2) is 0 Å². The van der Waals surface area contributed by atoms with Crippen LogP contribution in [0.4, 0.5) is 10.2 Å².